The van der Waals surface area contributed by atoms with Crippen molar-refractivity contribution >= 4 is 17.2 Å². The van der Waals surface area contributed by atoms with Crippen molar-refractivity contribution in [3.8, 4) is 6.07 Å². The van der Waals surface area contributed by atoms with E-state index in [1.165, 1.54) is 5.69 Å². The van der Waals surface area contributed by atoms with Crippen LogP contribution in [-0.4, -0.2) is 24.9 Å². The molecular weight excluding hydrogens is 298 g/mol. The molecule has 0 spiro atoms. The monoisotopic (exact) mass is 319 g/mol. The number of carbonyl (C=O) groups is 1. The summed E-state index contributed by atoms with van der Waals surface area (Å²) in [5.74, 6) is 0.0112. The topological polar surface area (TPSA) is 56.1 Å². The van der Waals surface area contributed by atoms with Crippen molar-refractivity contribution in [2.24, 2.45) is 0 Å². The first-order valence-electron chi connectivity index (χ1n) is 8.29. The highest BCUT2D eigenvalue weighted by molar-refractivity contribution is 5.95. The molecule has 4 nitrogen and oxygen atoms in total. The predicted octanol–water partition coefficient (Wildman–Crippen LogP) is 3.84. The molecule has 122 valence electrons. The van der Waals surface area contributed by atoms with Gasteiger partial charge >= 0.3 is 0 Å². The Labute approximate surface area is 142 Å². The minimum Gasteiger partial charge on any atom is -0.379 e. The van der Waals surface area contributed by atoms with E-state index < -0.39 is 0 Å². The molecule has 1 N–H and O–H groups in total. The Kier molecular flexibility index (Phi) is 4.81. The largest absolute Gasteiger partial charge is 0.379 e. The molecule has 24 heavy (non-hydrogen) atoms. The smallest absolute Gasteiger partial charge is 0.159 e. The summed E-state index contributed by atoms with van der Waals surface area (Å²) in [5.41, 5.74) is 3.19. The molecule has 2 aromatic rings. The molecule has 0 amide bonds. The van der Waals surface area contributed by atoms with Crippen LogP contribution in [0.2, 0.25) is 0 Å². The van der Waals surface area contributed by atoms with E-state index in [-0.39, 0.29) is 11.8 Å². The molecule has 1 saturated heterocycles. The molecule has 1 fully saturated rings. The van der Waals surface area contributed by atoms with Crippen molar-refractivity contribution in [2.45, 2.75) is 25.8 Å². The van der Waals surface area contributed by atoms with Gasteiger partial charge in [0, 0.05) is 30.4 Å². The average molecular weight is 319 g/mol. The Morgan fingerprint density at radius 1 is 1.25 bits per heavy atom. The molecule has 4 heteroatoms. The van der Waals surface area contributed by atoms with Crippen molar-refractivity contribution in [1.29, 1.82) is 5.26 Å². The number of nitriles is 1. The van der Waals surface area contributed by atoms with Crippen LogP contribution in [0.25, 0.3) is 0 Å². The highest BCUT2D eigenvalue weighted by Crippen LogP contribution is 2.24. The van der Waals surface area contributed by atoms with Gasteiger partial charge in [-0.3, -0.25) is 4.79 Å². The molecule has 1 aliphatic heterocycles. The SMILES string of the molecule is CC(=O)c1ccc(C#N)c(NC2CCCN(c3ccccc3)C2)c1. The van der Waals surface area contributed by atoms with Gasteiger partial charge < -0.3 is 10.2 Å². The fourth-order valence-corrected chi connectivity index (χ4v) is 3.17. The molecule has 0 bridgehead atoms. The van der Waals surface area contributed by atoms with Crippen LogP contribution >= 0.6 is 0 Å². The summed E-state index contributed by atoms with van der Waals surface area (Å²) in [4.78, 5) is 14.0. The number of ketones is 1. The van der Waals surface area contributed by atoms with Crippen molar-refractivity contribution in [3.63, 3.8) is 0 Å². The van der Waals surface area contributed by atoms with Crippen LogP contribution in [0.15, 0.2) is 48.5 Å². The van der Waals surface area contributed by atoms with Gasteiger partial charge in [0.25, 0.3) is 0 Å². The predicted molar refractivity (Wildman–Crippen MR) is 96.5 cm³/mol. The van der Waals surface area contributed by atoms with Gasteiger partial charge in [0.05, 0.1) is 11.3 Å². The van der Waals surface area contributed by atoms with Crippen LogP contribution in [-0.2, 0) is 0 Å². The van der Waals surface area contributed by atoms with Gasteiger partial charge in [-0.15, -0.1) is 0 Å². The number of nitrogens with zero attached hydrogens (tertiary/aromatic N) is 2. The molecular formula is C20H21N3O. The third kappa shape index (κ3) is 3.57. The second kappa shape index (κ2) is 7.18. The summed E-state index contributed by atoms with van der Waals surface area (Å²) in [5, 5.41) is 12.8. The molecule has 3 rings (SSSR count). The minimum atomic E-state index is 0.0112. The molecule has 1 unspecified atom stereocenters. The summed E-state index contributed by atoms with van der Waals surface area (Å²) >= 11 is 0. The van der Waals surface area contributed by atoms with E-state index in [1.54, 1.807) is 25.1 Å². The van der Waals surface area contributed by atoms with Gasteiger partial charge in [-0.05, 0) is 50.1 Å². The number of Topliss-reactive ketones (excluding diaryl/α,β-unsaturated/α-hetero) is 1. The summed E-state index contributed by atoms with van der Waals surface area (Å²) in [6, 6.07) is 18.1. The molecule has 0 saturated carbocycles. The minimum absolute atomic E-state index is 0.0112. The Morgan fingerprint density at radius 2 is 2.04 bits per heavy atom. The maximum atomic E-state index is 11.6. The summed E-state index contributed by atoms with van der Waals surface area (Å²) in [6.07, 6.45) is 2.15. The Bertz CT molecular complexity index is 764. The molecule has 0 aromatic heterocycles. The number of hydrogen-bond donors (Lipinski definition) is 1. The average Bonchev–Trinajstić information content (AvgIpc) is 2.62. The lowest BCUT2D eigenvalue weighted by atomic mass is 10.0. The van der Waals surface area contributed by atoms with Gasteiger partial charge in [0.15, 0.2) is 5.78 Å². The van der Waals surface area contributed by atoms with E-state index in [2.05, 4.69) is 40.6 Å². The van der Waals surface area contributed by atoms with Crippen molar-refractivity contribution in [3.05, 3.63) is 59.7 Å². The Hall–Kier alpha value is -2.80. The van der Waals surface area contributed by atoms with E-state index in [0.717, 1.165) is 31.6 Å². The third-order valence-electron chi connectivity index (χ3n) is 4.45. The second-order valence-corrected chi connectivity index (χ2v) is 6.19. The van der Waals surface area contributed by atoms with E-state index in [0.29, 0.717) is 11.1 Å². The zero-order valence-corrected chi connectivity index (χ0v) is 13.8. The lowest BCUT2D eigenvalue weighted by Crippen LogP contribution is -2.42. The Balaban J connectivity index is 1.77. The molecule has 1 atom stereocenters. The first kappa shape index (κ1) is 16.1. The number of nitrogens with one attached hydrogen (secondary N) is 1. The molecule has 2 aromatic carbocycles. The van der Waals surface area contributed by atoms with E-state index in [9.17, 15) is 10.1 Å². The summed E-state index contributed by atoms with van der Waals surface area (Å²) < 4.78 is 0. The molecule has 1 aliphatic rings. The van der Waals surface area contributed by atoms with Crippen molar-refractivity contribution in [2.75, 3.05) is 23.3 Å². The lowest BCUT2D eigenvalue weighted by Gasteiger charge is -2.35. The number of benzene rings is 2. The van der Waals surface area contributed by atoms with Crippen LogP contribution < -0.4 is 10.2 Å². The first-order valence-corrected chi connectivity index (χ1v) is 8.29. The number of para-hydroxylation sites is 1. The summed E-state index contributed by atoms with van der Waals surface area (Å²) in [6.45, 7) is 3.48. The normalized spacial score (nSPS) is 17.2. The standard InChI is InChI=1S/C20H21N3O/c1-15(24)16-9-10-17(13-21)20(12-16)22-18-6-5-11-23(14-18)19-7-3-2-4-8-19/h2-4,7-10,12,18,22H,5-6,11,14H2,1H3. The van der Waals surface area contributed by atoms with E-state index >= 15 is 0 Å². The zero-order valence-electron chi connectivity index (χ0n) is 13.8. The fraction of sp³-hybridized carbons (Fsp3) is 0.300. The summed E-state index contributed by atoms with van der Waals surface area (Å²) in [7, 11) is 0. The highest BCUT2D eigenvalue weighted by atomic mass is 16.1. The number of hydrogen-bond acceptors (Lipinski definition) is 4. The number of anilines is 2. The van der Waals surface area contributed by atoms with Crippen molar-refractivity contribution < 1.29 is 4.79 Å². The molecule has 0 radical (unpaired) electrons. The number of rotatable bonds is 4. The maximum Gasteiger partial charge on any atom is 0.159 e. The van der Waals surface area contributed by atoms with Gasteiger partial charge in [-0.1, -0.05) is 18.2 Å². The van der Waals surface area contributed by atoms with Crippen LogP contribution in [0.5, 0.6) is 0 Å². The van der Waals surface area contributed by atoms with Crippen LogP contribution in [0.4, 0.5) is 11.4 Å². The Morgan fingerprint density at radius 3 is 2.75 bits per heavy atom. The maximum absolute atomic E-state index is 11.6. The van der Waals surface area contributed by atoms with Gasteiger partial charge in [0.1, 0.15) is 6.07 Å². The third-order valence-corrected chi connectivity index (χ3v) is 4.45. The van der Waals surface area contributed by atoms with E-state index in [1.807, 2.05) is 6.07 Å². The molecule has 1 heterocycles. The van der Waals surface area contributed by atoms with Gasteiger partial charge in [0.2, 0.25) is 0 Å². The first-order chi connectivity index (χ1) is 11.7. The van der Waals surface area contributed by atoms with Crippen LogP contribution in [0, 0.1) is 11.3 Å². The highest BCUT2D eigenvalue weighted by Gasteiger charge is 2.21. The van der Waals surface area contributed by atoms with Gasteiger partial charge in [-0.2, -0.15) is 5.26 Å². The molecule has 0 aliphatic carbocycles. The lowest BCUT2D eigenvalue weighted by molar-refractivity contribution is 0.101. The van der Waals surface area contributed by atoms with E-state index in [4.69, 9.17) is 0 Å². The fourth-order valence-electron chi connectivity index (χ4n) is 3.17. The zero-order chi connectivity index (χ0) is 16.9. The number of carbonyl (C=O) groups excluding carboxylic acids is 1. The second-order valence-electron chi connectivity index (χ2n) is 6.19. The van der Waals surface area contributed by atoms with Crippen LogP contribution in [0.3, 0.4) is 0 Å². The van der Waals surface area contributed by atoms with Gasteiger partial charge in [-0.25, -0.2) is 0 Å². The quantitative estimate of drug-likeness (QED) is 0.870. The van der Waals surface area contributed by atoms with Crippen molar-refractivity contribution in [1.82, 2.24) is 0 Å². The number of piperidine rings is 1. The van der Waals surface area contributed by atoms with Crippen LogP contribution in [0.1, 0.15) is 35.7 Å².